The SMILES string of the molecule is Cn1ccc2cc(N)cc(Cl)c21. The monoisotopic (exact) mass is 180 g/mol. The van der Waals surface area contributed by atoms with Gasteiger partial charge in [0.25, 0.3) is 0 Å². The number of hydrogen-bond donors (Lipinski definition) is 1. The number of halogens is 1. The van der Waals surface area contributed by atoms with E-state index in [2.05, 4.69) is 0 Å². The molecule has 0 aliphatic rings. The molecular formula is C9H9ClN2. The molecule has 0 saturated carbocycles. The molecule has 2 nitrogen and oxygen atoms in total. The van der Waals surface area contributed by atoms with Crippen LogP contribution in [0.15, 0.2) is 24.4 Å². The smallest absolute Gasteiger partial charge is 0.0669 e. The average Bonchev–Trinajstić information content (AvgIpc) is 2.31. The molecule has 0 aliphatic heterocycles. The Balaban J connectivity index is 2.93. The lowest BCUT2D eigenvalue weighted by atomic mass is 10.2. The molecule has 1 aromatic heterocycles. The maximum absolute atomic E-state index is 6.01. The lowest BCUT2D eigenvalue weighted by Gasteiger charge is -2.00. The first-order chi connectivity index (χ1) is 5.68. The van der Waals surface area contributed by atoms with E-state index in [1.807, 2.05) is 29.9 Å². The van der Waals surface area contributed by atoms with Gasteiger partial charge in [0.15, 0.2) is 0 Å². The van der Waals surface area contributed by atoms with Gasteiger partial charge in [0.1, 0.15) is 0 Å². The number of rotatable bonds is 0. The van der Waals surface area contributed by atoms with Gasteiger partial charge in [0.2, 0.25) is 0 Å². The minimum atomic E-state index is 0.706. The number of fused-ring (bicyclic) bond motifs is 1. The molecule has 0 unspecified atom stereocenters. The first kappa shape index (κ1) is 7.50. The lowest BCUT2D eigenvalue weighted by molar-refractivity contribution is 0.969. The minimum absolute atomic E-state index is 0.706. The van der Waals surface area contributed by atoms with Crippen molar-refractivity contribution >= 4 is 28.2 Å². The summed E-state index contributed by atoms with van der Waals surface area (Å²) in [5.41, 5.74) is 7.38. The second-order valence-electron chi connectivity index (χ2n) is 2.87. The Hall–Kier alpha value is -1.15. The third-order valence-electron chi connectivity index (χ3n) is 1.95. The summed E-state index contributed by atoms with van der Waals surface area (Å²) < 4.78 is 1.98. The van der Waals surface area contributed by atoms with Crippen LogP contribution in [-0.4, -0.2) is 4.57 Å². The third kappa shape index (κ3) is 0.959. The largest absolute Gasteiger partial charge is 0.399 e. The van der Waals surface area contributed by atoms with E-state index in [9.17, 15) is 0 Å². The van der Waals surface area contributed by atoms with E-state index in [1.54, 1.807) is 6.07 Å². The molecule has 2 rings (SSSR count). The van der Waals surface area contributed by atoms with Crippen molar-refractivity contribution in [1.29, 1.82) is 0 Å². The van der Waals surface area contributed by atoms with E-state index in [-0.39, 0.29) is 0 Å². The first-order valence-corrected chi connectivity index (χ1v) is 4.06. The standard InChI is InChI=1S/C9H9ClN2/c1-12-3-2-6-4-7(11)5-8(10)9(6)12/h2-5H,11H2,1H3. The van der Waals surface area contributed by atoms with Gasteiger partial charge in [-0.05, 0) is 18.2 Å². The van der Waals surface area contributed by atoms with Crippen LogP contribution in [0.5, 0.6) is 0 Å². The molecule has 0 bridgehead atoms. The Morgan fingerprint density at radius 3 is 2.92 bits per heavy atom. The number of nitrogens with zero attached hydrogens (tertiary/aromatic N) is 1. The summed E-state index contributed by atoms with van der Waals surface area (Å²) in [6.45, 7) is 0. The van der Waals surface area contributed by atoms with Crippen molar-refractivity contribution < 1.29 is 0 Å². The molecule has 3 heteroatoms. The zero-order valence-electron chi connectivity index (χ0n) is 6.71. The Labute approximate surface area is 75.5 Å². The number of benzene rings is 1. The van der Waals surface area contributed by atoms with Crippen LogP contribution in [0.1, 0.15) is 0 Å². The Morgan fingerprint density at radius 2 is 2.17 bits per heavy atom. The molecule has 2 N–H and O–H groups in total. The fourth-order valence-corrected chi connectivity index (χ4v) is 1.78. The van der Waals surface area contributed by atoms with Crippen molar-refractivity contribution in [2.45, 2.75) is 0 Å². The van der Waals surface area contributed by atoms with E-state index in [0.717, 1.165) is 10.9 Å². The molecule has 0 aliphatic carbocycles. The van der Waals surface area contributed by atoms with Crippen molar-refractivity contribution in [2.24, 2.45) is 7.05 Å². The van der Waals surface area contributed by atoms with Crippen LogP contribution in [-0.2, 0) is 7.05 Å². The maximum atomic E-state index is 6.01. The summed E-state index contributed by atoms with van der Waals surface area (Å²) in [5.74, 6) is 0. The van der Waals surface area contributed by atoms with E-state index in [4.69, 9.17) is 17.3 Å². The van der Waals surface area contributed by atoms with Crippen LogP contribution < -0.4 is 5.73 Å². The van der Waals surface area contributed by atoms with E-state index in [0.29, 0.717) is 10.7 Å². The Morgan fingerprint density at radius 1 is 1.42 bits per heavy atom. The highest BCUT2D eigenvalue weighted by molar-refractivity contribution is 6.35. The number of aryl methyl sites for hydroxylation is 1. The quantitative estimate of drug-likeness (QED) is 0.621. The summed E-state index contributed by atoms with van der Waals surface area (Å²) in [6, 6.07) is 5.68. The second kappa shape index (κ2) is 2.42. The van der Waals surface area contributed by atoms with Gasteiger partial charge in [-0.2, -0.15) is 0 Å². The number of nitrogen functional groups attached to an aromatic ring is 1. The Kier molecular flexibility index (Phi) is 1.51. The minimum Gasteiger partial charge on any atom is -0.399 e. The predicted octanol–water partition coefficient (Wildman–Crippen LogP) is 2.41. The van der Waals surface area contributed by atoms with Crippen LogP contribution in [0.3, 0.4) is 0 Å². The van der Waals surface area contributed by atoms with Gasteiger partial charge in [-0.1, -0.05) is 11.6 Å². The number of aromatic nitrogens is 1. The van der Waals surface area contributed by atoms with Gasteiger partial charge in [-0.3, -0.25) is 0 Å². The molecule has 1 aromatic carbocycles. The van der Waals surface area contributed by atoms with Crippen molar-refractivity contribution in [1.82, 2.24) is 4.57 Å². The first-order valence-electron chi connectivity index (χ1n) is 3.68. The highest BCUT2D eigenvalue weighted by Crippen LogP contribution is 2.26. The molecule has 2 aromatic rings. The lowest BCUT2D eigenvalue weighted by Crippen LogP contribution is -1.88. The molecule has 12 heavy (non-hydrogen) atoms. The van der Waals surface area contributed by atoms with Crippen molar-refractivity contribution in [3.8, 4) is 0 Å². The van der Waals surface area contributed by atoms with Gasteiger partial charge in [-0.25, -0.2) is 0 Å². The fourth-order valence-electron chi connectivity index (χ4n) is 1.41. The molecule has 0 atom stereocenters. The van der Waals surface area contributed by atoms with Gasteiger partial charge >= 0.3 is 0 Å². The summed E-state index contributed by atoms with van der Waals surface area (Å²) in [5, 5.41) is 1.79. The molecule has 0 amide bonds. The number of nitrogens with two attached hydrogens (primary N) is 1. The van der Waals surface area contributed by atoms with E-state index < -0.39 is 0 Å². The molecule has 1 heterocycles. The molecular weight excluding hydrogens is 172 g/mol. The highest BCUT2D eigenvalue weighted by atomic mass is 35.5. The number of hydrogen-bond acceptors (Lipinski definition) is 1. The van der Waals surface area contributed by atoms with Gasteiger partial charge in [-0.15, -0.1) is 0 Å². The topological polar surface area (TPSA) is 30.9 Å². The second-order valence-corrected chi connectivity index (χ2v) is 3.27. The summed E-state index contributed by atoms with van der Waals surface area (Å²) >= 11 is 6.01. The third-order valence-corrected chi connectivity index (χ3v) is 2.23. The van der Waals surface area contributed by atoms with Crippen LogP contribution >= 0.6 is 11.6 Å². The van der Waals surface area contributed by atoms with E-state index in [1.165, 1.54) is 0 Å². The van der Waals surface area contributed by atoms with Crippen molar-refractivity contribution in [3.05, 3.63) is 29.4 Å². The summed E-state index contributed by atoms with van der Waals surface area (Å²) in [4.78, 5) is 0. The highest BCUT2D eigenvalue weighted by Gasteiger charge is 2.03. The van der Waals surface area contributed by atoms with Gasteiger partial charge in [0, 0.05) is 24.3 Å². The van der Waals surface area contributed by atoms with E-state index >= 15 is 0 Å². The molecule has 0 radical (unpaired) electrons. The van der Waals surface area contributed by atoms with Crippen molar-refractivity contribution in [3.63, 3.8) is 0 Å². The number of anilines is 1. The average molecular weight is 181 g/mol. The molecule has 0 saturated heterocycles. The zero-order chi connectivity index (χ0) is 8.72. The maximum Gasteiger partial charge on any atom is 0.0669 e. The van der Waals surface area contributed by atoms with Crippen LogP contribution in [0.2, 0.25) is 5.02 Å². The van der Waals surface area contributed by atoms with Crippen LogP contribution in [0.25, 0.3) is 10.9 Å². The van der Waals surface area contributed by atoms with Gasteiger partial charge < -0.3 is 10.3 Å². The molecule has 62 valence electrons. The summed E-state index contributed by atoms with van der Waals surface area (Å²) in [6.07, 6.45) is 1.97. The van der Waals surface area contributed by atoms with Crippen molar-refractivity contribution in [2.75, 3.05) is 5.73 Å². The molecule has 0 spiro atoms. The summed E-state index contributed by atoms with van der Waals surface area (Å²) in [7, 11) is 1.96. The van der Waals surface area contributed by atoms with Gasteiger partial charge in [0.05, 0.1) is 10.5 Å². The van der Waals surface area contributed by atoms with Crippen LogP contribution in [0.4, 0.5) is 5.69 Å². The fraction of sp³-hybridized carbons (Fsp3) is 0.111. The molecule has 0 fully saturated rings. The van der Waals surface area contributed by atoms with Crippen LogP contribution in [0, 0.1) is 0 Å². The predicted molar refractivity (Wildman–Crippen MR) is 52.3 cm³/mol. The zero-order valence-corrected chi connectivity index (χ0v) is 7.47. The Bertz CT molecular complexity index is 431. The normalized spacial score (nSPS) is 10.8.